The van der Waals surface area contributed by atoms with Crippen molar-refractivity contribution in [1.82, 2.24) is 5.06 Å². The summed E-state index contributed by atoms with van der Waals surface area (Å²) in [6.45, 7) is 4.37. The second-order valence-electron chi connectivity index (χ2n) is 4.53. The summed E-state index contributed by atoms with van der Waals surface area (Å²) in [5.74, 6) is 0.206. The lowest BCUT2D eigenvalue weighted by Crippen LogP contribution is -2.19. The number of benzene rings is 1. The van der Waals surface area contributed by atoms with E-state index in [-0.39, 0.29) is 0 Å². The van der Waals surface area contributed by atoms with Crippen LogP contribution in [0, 0.1) is 5.92 Å². The van der Waals surface area contributed by atoms with Crippen molar-refractivity contribution in [3.05, 3.63) is 41.5 Å². The van der Waals surface area contributed by atoms with Gasteiger partial charge in [0.15, 0.2) is 0 Å². The fraction of sp³-hybridized carbons (Fsp3) is 0.357. The van der Waals surface area contributed by atoms with Gasteiger partial charge in [0.25, 0.3) is 5.91 Å². The molecule has 1 amide bonds. The summed E-state index contributed by atoms with van der Waals surface area (Å²) in [4.78, 5) is 11.1. The molecule has 0 saturated carbocycles. The predicted molar refractivity (Wildman–Crippen MR) is 68.6 cm³/mol. The molecule has 3 nitrogen and oxygen atoms in total. The smallest absolute Gasteiger partial charge is 0.269 e. The minimum Gasteiger partial charge on any atom is -0.286 e. The van der Waals surface area contributed by atoms with Gasteiger partial charge in [-0.25, -0.2) is 5.06 Å². The number of amides is 1. The van der Waals surface area contributed by atoms with E-state index in [1.165, 1.54) is 18.7 Å². The first-order chi connectivity index (χ1) is 7.99. The fourth-order valence-corrected chi connectivity index (χ4v) is 1.51. The highest BCUT2D eigenvalue weighted by atomic mass is 16.5. The molecule has 0 unspecified atom stereocenters. The van der Waals surface area contributed by atoms with Crippen LogP contribution >= 0.6 is 0 Å². The lowest BCUT2D eigenvalue weighted by molar-refractivity contribution is -0.153. The molecule has 1 aromatic carbocycles. The SMILES string of the molecule is CC(C)Cc1ccc(/C=C/C(=O)N(C)O)cc1. The monoisotopic (exact) mass is 233 g/mol. The third kappa shape index (κ3) is 4.83. The minimum absolute atomic E-state index is 0.434. The lowest BCUT2D eigenvalue weighted by atomic mass is 10.0. The lowest BCUT2D eigenvalue weighted by Gasteiger charge is -2.05. The summed E-state index contributed by atoms with van der Waals surface area (Å²) in [5.41, 5.74) is 2.25. The van der Waals surface area contributed by atoms with Crippen LogP contribution < -0.4 is 0 Å². The zero-order valence-electron chi connectivity index (χ0n) is 10.6. The Hall–Kier alpha value is -1.61. The van der Waals surface area contributed by atoms with Crippen LogP contribution in [-0.4, -0.2) is 23.2 Å². The van der Waals surface area contributed by atoms with Crippen LogP contribution in [0.5, 0.6) is 0 Å². The maximum absolute atomic E-state index is 11.1. The molecule has 3 heteroatoms. The zero-order chi connectivity index (χ0) is 12.8. The van der Waals surface area contributed by atoms with Crippen LogP contribution in [0.3, 0.4) is 0 Å². The number of rotatable bonds is 4. The molecule has 0 fully saturated rings. The third-order valence-corrected chi connectivity index (χ3v) is 2.36. The number of hydrogen-bond acceptors (Lipinski definition) is 2. The fourth-order valence-electron chi connectivity index (χ4n) is 1.51. The van der Waals surface area contributed by atoms with E-state index in [4.69, 9.17) is 5.21 Å². The highest BCUT2D eigenvalue weighted by Gasteiger charge is 1.99. The molecular weight excluding hydrogens is 214 g/mol. The number of hydrogen-bond donors (Lipinski definition) is 1. The molecule has 0 bridgehead atoms. The largest absolute Gasteiger partial charge is 0.286 e. The molecule has 92 valence electrons. The number of likely N-dealkylation sites (N-methyl/N-ethyl adjacent to an activating group) is 1. The van der Waals surface area contributed by atoms with Gasteiger partial charge in [-0.1, -0.05) is 38.1 Å². The van der Waals surface area contributed by atoms with Gasteiger partial charge in [-0.3, -0.25) is 10.0 Å². The van der Waals surface area contributed by atoms with E-state index in [1.54, 1.807) is 6.08 Å². The number of nitrogens with zero attached hydrogens (tertiary/aromatic N) is 1. The van der Waals surface area contributed by atoms with E-state index in [9.17, 15) is 4.79 Å². The predicted octanol–water partition coefficient (Wildman–Crippen LogP) is 2.75. The number of hydroxylamine groups is 2. The van der Waals surface area contributed by atoms with Crippen molar-refractivity contribution < 1.29 is 10.0 Å². The van der Waals surface area contributed by atoms with Crippen molar-refractivity contribution in [2.24, 2.45) is 5.92 Å². The Morgan fingerprint density at radius 2 is 1.94 bits per heavy atom. The first kappa shape index (κ1) is 13.5. The Balaban J connectivity index is 2.65. The first-order valence-electron chi connectivity index (χ1n) is 5.72. The van der Waals surface area contributed by atoms with Crippen molar-refractivity contribution >= 4 is 12.0 Å². The van der Waals surface area contributed by atoms with Gasteiger partial charge in [-0.2, -0.15) is 0 Å². The average molecular weight is 233 g/mol. The molecule has 0 heterocycles. The molecule has 17 heavy (non-hydrogen) atoms. The van der Waals surface area contributed by atoms with Crippen molar-refractivity contribution in [2.45, 2.75) is 20.3 Å². The second-order valence-corrected chi connectivity index (χ2v) is 4.53. The Labute approximate surface area is 102 Å². The summed E-state index contributed by atoms with van der Waals surface area (Å²) in [6.07, 6.45) is 4.09. The highest BCUT2D eigenvalue weighted by molar-refractivity contribution is 5.90. The molecule has 0 aliphatic heterocycles. The van der Waals surface area contributed by atoms with Crippen molar-refractivity contribution in [3.63, 3.8) is 0 Å². The Kier molecular flexibility index (Phi) is 4.91. The molecule has 0 spiro atoms. The maximum atomic E-state index is 11.1. The van der Waals surface area contributed by atoms with Gasteiger partial charge in [-0.15, -0.1) is 0 Å². The van der Waals surface area contributed by atoms with E-state index >= 15 is 0 Å². The second kappa shape index (κ2) is 6.21. The van der Waals surface area contributed by atoms with Gasteiger partial charge in [0.05, 0.1) is 0 Å². The number of carbonyl (C=O) groups excluding carboxylic acids is 1. The summed E-state index contributed by atoms with van der Waals surface area (Å²) in [6, 6.07) is 8.07. The first-order valence-corrected chi connectivity index (χ1v) is 5.72. The van der Waals surface area contributed by atoms with Crippen molar-refractivity contribution in [2.75, 3.05) is 7.05 Å². The average Bonchev–Trinajstić information content (AvgIpc) is 2.26. The molecule has 0 aliphatic carbocycles. The normalized spacial score (nSPS) is 11.1. The van der Waals surface area contributed by atoms with Crippen LogP contribution in [0.25, 0.3) is 6.08 Å². The molecule has 1 N–H and O–H groups in total. The van der Waals surface area contributed by atoms with Crippen molar-refractivity contribution in [1.29, 1.82) is 0 Å². The van der Waals surface area contributed by atoms with Gasteiger partial charge in [0.2, 0.25) is 0 Å². The van der Waals surface area contributed by atoms with E-state index in [2.05, 4.69) is 26.0 Å². The van der Waals surface area contributed by atoms with Crippen LogP contribution in [-0.2, 0) is 11.2 Å². The molecule has 1 aromatic rings. The minimum atomic E-state index is -0.434. The third-order valence-electron chi connectivity index (χ3n) is 2.36. The van der Waals surface area contributed by atoms with Crippen LogP contribution in [0.4, 0.5) is 0 Å². The van der Waals surface area contributed by atoms with E-state index < -0.39 is 5.91 Å². The molecule has 0 radical (unpaired) electrons. The Morgan fingerprint density at radius 3 is 2.41 bits per heavy atom. The maximum Gasteiger partial charge on any atom is 0.269 e. The highest BCUT2D eigenvalue weighted by Crippen LogP contribution is 2.10. The topological polar surface area (TPSA) is 40.5 Å². The van der Waals surface area contributed by atoms with Gasteiger partial charge in [0.1, 0.15) is 0 Å². The van der Waals surface area contributed by atoms with Crippen LogP contribution in [0.1, 0.15) is 25.0 Å². The van der Waals surface area contributed by atoms with E-state index in [1.807, 2.05) is 12.1 Å². The Morgan fingerprint density at radius 1 is 1.35 bits per heavy atom. The summed E-state index contributed by atoms with van der Waals surface area (Å²) in [5, 5.41) is 9.43. The summed E-state index contributed by atoms with van der Waals surface area (Å²) >= 11 is 0. The molecule has 0 aliphatic rings. The van der Waals surface area contributed by atoms with Gasteiger partial charge in [0, 0.05) is 13.1 Å². The van der Waals surface area contributed by atoms with Crippen LogP contribution in [0.2, 0.25) is 0 Å². The quantitative estimate of drug-likeness (QED) is 0.493. The van der Waals surface area contributed by atoms with Crippen LogP contribution in [0.15, 0.2) is 30.3 Å². The van der Waals surface area contributed by atoms with Gasteiger partial charge in [-0.05, 0) is 29.5 Å². The Bertz CT molecular complexity index is 391. The standard InChI is InChI=1S/C14H19NO2/c1-11(2)10-13-6-4-12(5-7-13)8-9-14(16)15(3)17/h4-9,11,17H,10H2,1-3H3/b9-8+. The summed E-state index contributed by atoms with van der Waals surface area (Å²) < 4.78 is 0. The van der Waals surface area contributed by atoms with E-state index in [0.29, 0.717) is 11.0 Å². The molecule has 1 rings (SSSR count). The molecule has 0 atom stereocenters. The molecular formula is C14H19NO2. The molecule has 0 saturated heterocycles. The molecule has 0 aromatic heterocycles. The van der Waals surface area contributed by atoms with E-state index in [0.717, 1.165) is 12.0 Å². The number of carbonyl (C=O) groups is 1. The zero-order valence-corrected chi connectivity index (χ0v) is 10.6. The summed E-state index contributed by atoms with van der Waals surface area (Å²) in [7, 11) is 1.30. The van der Waals surface area contributed by atoms with Crippen molar-refractivity contribution in [3.8, 4) is 0 Å². The van der Waals surface area contributed by atoms with Gasteiger partial charge >= 0.3 is 0 Å². The van der Waals surface area contributed by atoms with Gasteiger partial charge < -0.3 is 0 Å².